The van der Waals surface area contributed by atoms with E-state index in [4.69, 9.17) is 11.6 Å². The van der Waals surface area contributed by atoms with E-state index in [-0.39, 0.29) is 23.7 Å². The lowest BCUT2D eigenvalue weighted by atomic mass is 9.60. The van der Waals surface area contributed by atoms with Gasteiger partial charge in [0, 0.05) is 24.3 Å². The van der Waals surface area contributed by atoms with Crippen molar-refractivity contribution in [2.24, 2.45) is 13.0 Å². The van der Waals surface area contributed by atoms with Crippen LogP contribution in [0.2, 0.25) is 5.02 Å². The lowest BCUT2D eigenvalue weighted by molar-refractivity contribution is -0.120. The molecule has 1 saturated carbocycles. The second-order valence-corrected chi connectivity index (χ2v) is 9.48. The molecule has 2 bridgehead atoms. The maximum Gasteiger partial charge on any atom is 0.322 e. The Bertz CT molecular complexity index is 1130. The summed E-state index contributed by atoms with van der Waals surface area (Å²) in [6.07, 6.45) is 9.05. The van der Waals surface area contributed by atoms with Crippen molar-refractivity contribution in [1.29, 1.82) is 0 Å². The summed E-state index contributed by atoms with van der Waals surface area (Å²) in [4.78, 5) is 19.9. The van der Waals surface area contributed by atoms with Crippen LogP contribution in [-0.2, 0) is 7.05 Å². The van der Waals surface area contributed by atoms with E-state index in [0.717, 1.165) is 25.7 Å². The Morgan fingerprint density at radius 1 is 1.28 bits per heavy atom. The number of carbonyl (C=O) groups excluding carboxylic acids is 1. The van der Waals surface area contributed by atoms with Crippen LogP contribution in [0.1, 0.15) is 45.6 Å². The summed E-state index contributed by atoms with van der Waals surface area (Å²) in [6.45, 7) is 4.44. The number of nitrogens with one attached hydrogen (secondary N) is 1. The van der Waals surface area contributed by atoms with Crippen molar-refractivity contribution >= 4 is 23.3 Å². The number of hydrogen-bond acceptors (Lipinski definition) is 5. The highest BCUT2D eigenvalue weighted by molar-refractivity contribution is 6.33. The van der Waals surface area contributed by atoms with Crippen LogP contribution in [0.25, 0.3) is 11.4 Å². The number of anilines is 1. The summed E-state index contributed by atoms with van der Waals surface area (Å²) in [6, 6.07) is 5.71. The minimum Gasteiger partial charge on any atom is -0.315 e. The van der Waals surface area contributed by atoms with Crippen molar-refractivity contribution in [2.75, 3.05) is 5.32 Å². The summed E-state index contributed by atoms with van der Waals surface area (Å²) in [5, 5.41) is 16.0. The number of rotatable bonds is 5. The molecule has 1 aliphatic heterocycles. The van der Waals surface area contributed by atoms with Gasteiger partial charge in [-0.05, 0) is 49.8 Å². The van der Waals surface area contributed by atoms with Crippen molar-refractivity contribution in [2.45, 2.75) is 57.2 Å². The van der Waals surface area contributed by atoms with Crippen molar-refractivity contribution in [3.8, 4) is 11.4 Å². The number of carbonyl (C=O) groups is 1. The zero-order valence-electron chi connectivity index (χ0n) is 18.4. The molecule has 9 nitrogen and oxygen atoms in total. The molecular weight excluding hydrogens is 428 g/mol. The average Bonchev–Trinajstić information content (AvgIpc) is 3.41. The van der Waals surface area contributed by atoms with E-state index >= 15 is 0 Å². The van der Waals surface area contributed by atoms with Crippen LogP contribution in [0.3, 0.4) is 0 Å². The molecule has 168 valence electrons. The second kappa shape index (κ2) is 7.88. The number of aryl methyl sites for hydroxylation is 1. The largest absolute Gasteiger partial charge is 0.322 e. The molecule has 1 N–H and O–H groups in total. The summed E-state index contributed by atoms with van der Waals surface area (Å²) >= 11 is 6.38. The fourth-order valence-corrected chi connectivity index (χ4v) is 6.03. The molecule has 3 aromatic rings. The zero-order chi connectivity index (χ0) is 22.5. The van der Waals surface area contributed by atoms with E-state index in [0.29, 0.717) is 28.0 Å². The number of halogens is 1. The summed E-state index contributed by atoms with van der Waals surface area (Å²) in [7, 11) is 1.80. The van der Waals surface area contributed by atoms with Gasteiger partial charge < -0.3 is 14.8 Å². The van der Waals surface area contributed by atoms with Gasteiger partial charge in [-0.25, -0.2) is 9.78 Å². The van der Waals surface area contributed by atoms with Crippen LogP contribution in [0, 0.1) is 5.92 Å². The first-order valence-electron chi connectivity index (χ1n) is 11.0. The molecule has 0 spiro atoms. The Kier molecular flexibility index (Phi) is 5.16. The van der Waals surface area contributed by atoms with E-state index in [1.165, 1.54) is 0 Å². The molecule has 2 amide bonds. The van der Waals surface area contributed by atoms with E-state index in [1.54, 1.807) is 36.8 Å². The van der Waals surface area contributed by atoms with Gasteiger partial charge in [-0.15, -0.1) is 10.2 Å². The normalized spacial score (nSPS) is 25.3. The molecule has 2 aromatic heterocycles. The van der Waals surface area contributed by atoms with Gasteiger partial charge in [-0.2, -0.15) is 5.10 Å². The molecule has 10 heteroatoms. The maximum absolute atomic E-state index is 13.6. The van der Waals surface area contributed by atoms with Gasteiger partial charge in [0.05, 0.1) is 16.6 Å². The number of hydrogen-bond donors (Lipinski definition) is 1. The Hall–Kier alpha value is -2.94. The standard InChI is InChI=1S/C22H27ClN8O/c1-4-19(30-12-25-26-13-30)22-9-14(2)7-16(10-22)31(22)21(32)27-15-5-6-18(23)17(8-15)20-24-11-29(3)28-20/h5-6,8,11-14,16,19H,4,7,9-10H2,1-3H3,(H,27,32). The minimum absolute atomic E-state index is 0.0815. The number of nitrogens with zero attached hydrogens (tertiary/aromatic N) is 7. The number of amides is 2. The highest BCUT2D eigenvalue weighted by atomic mass is 35.5. The molecule has 0 radical (unpaired) electrons. The van der Waals surface area contributed by atoms with Gasteiger partial charge in [0.2, 0.25) is 0 Å². The number of fused-ring (bicyclic) bond motifs is 2. The van der Waals surface area contributed by atoms with Gasteiger partial charge in [0.25, 0.3) is 0 Å². The molecule has 32 heavy (non-hydrogen) atoms. The Morgan fingerprint density at radius 3 is 2.75 bits per heavy atom. The Labute approximate surface area is 191 Å². The number of benzene rings is 1. The van der Waals surface area contributed by atoms with Crippen LogP contribution < -0.4 is 5.32 Å². The van der Waals surface area contributed by atoms with E-state index in [2.05, 4.69) is 48.9 Å². The first-order valence-corrected chi connectivity index (χ1v) is 11.4. The van der Waals surface area contributed by atoms with Crippen LogP contribution in [-0.4, -0.2) is 52.0 Å². The van der Waals surface area contributed by atoms with Crippen molar-refractivity contribution in [1.82, 2.24) is 34.4 Å². The van der Waals surface area contributed by atoms with Gasteiger partial charge in [-0.1, -0.05) is 25.4 Å². The SMILES string of the molecule is CCC(n1cnnc1)C12CC(C)CC(C1)N2C(=O)Nc1ccc(Cl)c(-c2ncn(C)n2)c1. The number of urea groups is 1. The quantitative estimate of drug-likeness (QED) is 0.624. The fourth-order valence-electron chi connectivity index (χ4n) is 5.83. The van der Waals surface area contributed by atoms with E-state index in [9.17, 15) is 4.79 Å². The van der Waals surface area contributed by atoms with Crippen molar-refractivity contribution < 1.29 is 4.79 Å². The molecule has 1 aromatic carbocycles. The molecule has 1 aliphatic carbocycles. The zero-order valence-corrected chi connectivity index (χ0v) is 19.2. The predicted molar refractivity (Wildman–Crippen MR) is 121 cm³/mol. The third-order valence-corrected chi connectivity index (χ3v) is 7.22. The van der Waals surface area contributed by atoms with Crippen LogP contribution in [0.4, 0.5) is 10.5 Å². The number of likely N-dealkylation sites (tertiary alicyclic amines) is 1. The Morgan fingerprint density at radius 2 is 2.06 bits per heavy atom. The molecule has 1 saturated heterocycles. The molecule has 2 aliphatic rings. The Balaban J connectivity index is 1.43. The first kappa shape index (κ1) is 20.9. The third-order valence-electron chi connectivity index (χ3n) is 6.89. The monoisotopic (exact) mass is 454 g/mol. The van der Waals surface area contributed by atoms with Crippen molar-refractivity contribution in [3.63, 3.8) is 0 Å². The van der Waals surface area contributed by atoms with Crippen molar-refractivity contribution in [3.05, 3.63) is 42.2 Å². The molecule has 2 fully saturated rings. The molecule has 3 heterocycles. The molecule has 4 unspecified atom stereocenters. The fraction of sp³-hybridized carbons (Fsp3) is 0.500. The van der Waals surface area contributed by atoms with E-state index in [1.807, 2.05) is 12.1 Å². The van der Waals surface area contributed by atoms with Gasteiger partial charge >= 0.3 is 6.03 Å². The lowest BCUT2D eigenvalue weighted by Gasteiger charge is -2.66. The smallest absolute Gasteiger partial charge is 0.315 e. The summed E-state index contributed by atoms with van der Waals surface area (Å²) in [5.74, 6) is 1.10. The van der Waals surface area contributed by atoms with Gasteiger partial charge in [-0.3, -0.25) is 4.68 Å². The molecular formula is C22H27ClN8O. The average molecular weight is 455 g/mol. The second-order valence-electron chi connectivity index (χ2n) is 9.08. The highest BCUT2D eigenvalue weighted by Gasteiger charge is 2.61. The van der Waals surface area contributed by atoms with Crippen LogP contribution in [0.5, 0.6) is 0 Å². The van der Waals surface area contributed by atoms with Gasteiger partial charge in [0.1, 0.15) is 19.0 Å². The lowest BCUT2D eigenvalue weighted by Crippen LogP contribution is -2.74. The number of aromatic nitrogens is 6. The highest BCUT2D eigenvalue weighted by Crippen LogP contribution is 2.56. The number of piperidine rings is 1. The van der Waals surface area contributed by atoms with Crippen LogP contribution in [0.15, 0.2) is 37.2 Å². The van der Waals surface area contributed by atoms with E-state index < -0.39 is 0 Å². The molecule has 4 atom stereocenters. The third kappa shape index (κ3) is 3.35. The summed E-state index contributed by atoms with van der Waals surface area (Å²) in [5.41, 5.74) is 1.13. The summed E-state index contributed by atoms with van der Waals surface area (Å²) < 4.78 is 3.68. The van der Waals surface area contributed by atoms with Crippen LogP contribution >= 0.6 is 11.6 Å². The topological polar surface area (TPSA) is 93.8 Å². The molecule has 5 rings (SSSR count). The predicted octanol–water partition coefficient (Wildman–Crippen LogP) is 4.15. The van der Waals surface area contributed by atoms with Gasteiger partial charge in [0.15, 0.2) is 5.82 Å². The first-order chi connectivity index (χ1) is 15.4. The maximum atomic E-state index is 13.6. The minimum atomic E-state index is -0.235.